The Balaban J connectivity index is 1.06. The number of hydrogen-bond donors (Lipinski definition) is 2. The quantitative estimate of drug-likeness (QED) is 0.866. The van der Waals surface area contributed by atoms with Gasteiger partial charge < -0.3 is 20.7 Å². The van der Waals surface area contributed by atoms with E-state index in [1.54, 1.807) is 0 Å². The van der Waals surface area contributed by atoms with Gasteiger partial charge in [0, 0.05) is 25.2 Å². The van der Waals surface area contributed by atoms with Crippen LogP contribution in [-0.2, 0) is 4.74 Å². The number of morpholine rings is 1. The first kappa shape index (κ1) is 14.7. The van der Waals surface area contributed by atoms with Crippen LogP contribution in [0.15, 0.2) is 12.1 Å². The molecular formula is C21H28N4O. The lowest BCUT2D eigenvalue weighted by molar-refractivity contribution is -0.616. The summed E-state index contributed by atoms with van der Waals surface area (Å²) in [6, 6.07) is 4.41. The van der Waals surface area contributed by atoms with Crippen LogP contribution < -0.4 is 16.0 Å². The molecule has 8 rings (SSSR count). The first-order valence-electron chi connectivity index (χ1n) is 10.4. The molecule has 0 amide bonds. The molecule has 5 heteroatoms. The van der Waals surface area contributed by atoms with Gasteiger partial charge in [-0.15, -0.1) is 0 Å². The number of nitrogens with one attached hydrogen (secondary N) is 1. The third-order valence-electron chi connectivity index (χ3n) is 9.31. The minimum atomic E-state index is 0.262. The van der Waals surface area contributed by atoms with Gasteiger partial charge in [0.1, 0.15) is 5.82 Å². The van der Waals surface area contributed by atoms with Crippen LogP contribution in [0.2, 0.25) is 0 Å². The second kappa shape index (κ2) is 4.07. The van der Waals surface area contributed by atoms with E-state index >= 15 is 0 Å². The molecule has 1 saturated heterocycles. The van der Waals surface area contributed by atoms with Gasteiger partial charge in [0.15, 0.2) is 0 Å². The van der Waals surface area contributed by atoms with Gasteiger partial charge in [0.2, 0.25) is 0 Å². The average molecular weight is 352 g/mol. The van der Waals surface area contributed by atoms with Crippen molar-refractivity contribution >= 4 is 11.5 Å². The SMILES string of the molecule is Cc1nc(N2C[C@@H](C)O[C@@H](C)C2)ccc1NCC12C3C4C1C1C2C3C41N. The zero-order chi connectivity index (χ0) is 17.6. The van der Waals surface area contributed by atoms with E-state index < -0.39 is 0 Å². The van der Waals surface area contributed by atoms with Gasteiger partial charge in [-0.1, -0.05) is 0 Å². The molecule has 7 fully saturated rings. The third-order valence-corrected chi connectivity index (χ3v) is 9.31. The van der Waals surface area contributed by atoms with Crippen molar-refractivity contribution < 1.29 is 4.74 Å². The maximum Gasteiger partial charge on any atom is 0.129 e. The monoisotopic (exact) mass is 352 g/mol. The summed E-state index contributed by atoms with van der Waals surface area (Å²) in [6.07, 6.45) is 0.525. The maximum atomic E-state index is 6.54. The molecule has 3 N–H and O–H groups in total. The molecule has 6 saturated carbocycles. The molecule has 7 aliphatic rings. The van der Waals surface area contributed by atoms with Crippen molar-refractivity contribution in [3.63, 3.8) is 0 Å². The van der Waals surface area contributed by atoms with Crippen molar-refractivity contribution in [1.82, 2.24) is 4.98 Å². The van der Waals surface area contributed by atoms with Crippen LogP contribution in [0.25, 0.3) is 0 Å². The van der Waals surface area contributed by atoms with E-state index in [4.69, 9.17) is 15.5 Å². The Hall–Kier alpha value is -1.33. The summed E-state index contributed by atoms with van der Waals surface area (Å²) in [5.74, 6) is 6.66. The second-order valence-electron chi connectivity index (χ2n) is 10.1. The van der Waals surface area contributed by atoms with Crippen LogP contribution in [-0.4, -0.2) is 42.4 Å². The van der Waals surface area contributed by atoms with Gasteiger partial charge in [0.25, 0.3) is 0 Å². The number of anilines is 2. The van der Waals surface area contributed by atoms with Crippen molar-refractivity contribution in [2.75, 3.05) is 29.9 Å². The Bertz CT molecular complexity index is 774. The van der Waals surface area contributed by atoms with Crippen molar-refractivity contribution in [3.8, 4) is 0 Å². The topological polar surface area (TPSA) is 63.4 Å². The van der Waals surface area contributed by atoms with Gasteiger partial charge in [-0.3, -0.25) is 0 Å². The van der Waals surface area contributed by atoms with E-state index in [0.29, 0.717) is 11.0 Å². The Kier molecular flexibility index (Phi) is 2.30. The standard InChI is InChI=1S/C21H28N4O/c1-9-6-25(7-10(2)26-9)13-5-4-12(11(3)24-13)23-8-20-14-17-15(20)19-16(20)18(14)21(17,19)22/h4-5,9-10,14-19,23H,6-8,22H2,1-3H3/t9-,10+,14?,15?,16?,17?,18?,19?,20?,21?. The number of aromatic nitrogens is 1. The van der Waals surface area contributed by atoms with E-state index in [1.807, 2.05) is 0 Å². The molecule has 0 bridgehead atoms. The lowest BCUT2D eigenvalue weighted by Gasteiger charge is -3.11. The molecule has 0 unspecified atom stereocenters. The lowest BCUT2D eigenvalue weighted by atomic mass is 8.94. The van der Waals surface area contributed by atoms with Crippen molar-refractivity contribution in [1.29, 1.82) is 0 Å². The summed E-state index contributed by atoms with van der Waals surface area (Å²) >= 11 is 0. The predicted octanol–water partition coefficient (Wildman–Crippen LogP) is 1.86. The molecule has 0 radical (unpaired) electrons. The van der Waals surface area contributed by atoms with Gasteiger partial charge in [-0.25, -0.2) is 4.98 Å². The third kappa shape index (κ3) is 1.21. The minimum absolute atomic E-state index is 0.262. The summed E-state index contributed by atoms with van der Waals surface area (Å²) in [7, 11) is 0. The number of rotatable bonds is 4. The molecule has 5 nitrogen and oxygen atoms in total. The summed E-state index contributed by atoms with van der Waals surface area (Å²) in [5, 5.41) is 3.76. The number of nitrogens with two attached hydrogens (primary N) is 1. The summed E-state index contributed by atoms with van der Waals surface area (Å²) in [5.41, 5.74) is 9.81. The highest BCUT2D eigenvalue weighted by Gasteiger charge is 3.08. The zero-order valence-electron chi connectivity index (χ0n) is 15.8. The molecule has 2 atom stereocenters. The predicted molar refractivity (Wildman–Crippen MR) is 100.0 cm³/mol. The smallest absolute Gasteiger partial charge is 0.129 e. The Morgan fingerprint density at radius 3 is 2.31 bits per heavy atom. The number of pyridine rings is 1. The minimum Gasteiger partial charge on any atom is -0.383 e. The first-order valence-corrected chi connectivity index (χ1v) is 10.4. The summed E-state index contributed by atoms with van der Waals surface area (Å²) in [6.45, 7) is 9.39. The molecule has 1 aromatic rings. The van der Waals surface area contributed by atoms with Gasteiger partial charge >= 0.3 is 0 Å². The molecular weight excluding hydrogens is 324 g/mol. The van der Waals surface area contributed by atoms with Crippen LogP contribution in [0, 0.1) is 47.8 Å². The number of ether oxygens (including phenoxy) is 1. The lowest BCUT2D eigenvalue weighted by Crippen LogP contribution is -3.15. The summed E-state index contributed by atoms with van der Waals surface area (Å²) < 4.78 is 5.85. The van der Waals surface area contributed by atoms with Crippen LogP contribution >= 0.6 is 0 Å². The normalized spacial score (nSPS) is 56.4. The Labute approximate surface area is 154 Å². The molecule has 1 aliphatic heterocycles. The van der Waals surface area contributed by atoms with Crippen molar-refractivity contribution in [2.45, 2.75) is 38.5 Å². The molecule has 1 aromatic heterocycles. The highest BCUT2D eigenvalue weighted by atomic mass is 16.5. The fourth-order valence-corrected chi connectivity index (χ4v) is 8.71. The largest absolute Gasteiger partial charge is 0.383 e. The molecule has 138 valence electrons. The Morgan fingerprint density at radius 1 is 1.12 bits per heavy atom. The van der Waals surface area contributed by atoms with Gasteiger partial charge in [-0.05, 0) is 73.8 Å². The van der Waals surface area contributed by atoms with Crippen LogP contribution in [0.1, 0.15) is 19.5 Å². The molecule has 2 heterocycles. The van der Waals surface area contributed by atoms with E-state index in [1.165, 1.54) is 5.69 Å². The van der Waals surface area contributed by atoms with Crippen LogP contribution in [0.3, 0.4) is 0 Å². The van der Waals surface area contributed by atoms with E-state index in [0.717, 1.165) is 66.7 Å². The number of nitrogens with zero attached hydrogens (tertiary/aromatic N) is 2. The highest BCUT2D eigenvalue weighted by Crippen LogP contribution is 3.06. The van der Waals surface area contributed by atoms with Crippen LogP contribution in [0.4, 0.5) is 11.5 Å². The van der Waals surface area contributed by atoms with E-state index in [2.05, 4.69) is 43.1 Å². The van der Waals surface area contributed by atoms with E-state index in [9.17, 15) is 0 Å². The van der Waals surface area contributed by atoms with Gasteiger partial charge in [-0.2, -0.15) is 0 Å². The summed E-state index contributed by atoms with van der Waals surface area (Å²) in [4.78, 5) is 7.26. The molecule has 6 aliphatic carbocycles. The average Bonchev–Trinajstić information content (AvgIpc) is 2.61. The zero-order valence-corrected chi connectivity index (χ0v) is 15.8. The van der Waals surface area contributed by atoms with Crippen LogP contribution in [0.5, 0.6) is 0 Å². The maximum absolute atomic E-state index is 6.54. The number of aryl methyl sites for hydroxylation is 1. The molecule has 0 aromatic carbocycles. The molecule has 0 spiro atoms. The first-order chi connectivity index (χ1) is 12.5. The fourth-order valence-electron chi connectivity index (χ4n) is 8.71. The van der Waals surface area contributed by atoms with Gasteiger partial charge in [0.05, 0.1) is 23.6 Å². The highest BCUT2D eigenvalue weighted by molar-refractivity contribution is 5.60. The van der Waals surface area contributed by atoms with Crippen molar-refractivity contribution in [3.05, 3.63) is 17.8 Å². The number of hydrogen-bond acceptors (Lipinski definition) is 5. The van der Waals surface area contributed by atoms with E-state index in [-0.39, 0.29) is 12.2 Å². The Morgan fingerprint density at radius 2 is 1.73 bits per heavy atom. The van der Waals surface area contributed by atoms with Crippen molar-refractivity contribution in [2.24, 2.45) is 46.7 Å². The second-order valence-corrected chi connectivity index (χ2v) is 10.1. The molecule has 26 heavy (non-hydrogen) atoms. The fraction of sp³-hybridized carbons (Fsp3) is 0.762.